The third-order valence-corrected chi connectivity index (χ3v) is 4.89. The van der Waals surface area contributed by atoms with Gasteiger partial charge in [0.1, 0.15) is 18.3 Å². The Hall–Kier alpha value is -2.00. The van der Waals surface area contributed by atoms with E-state index in [2.05, 4.69) is 0 Å². The molecule has 2 heterocycles. The Morgan fingerprint density at radius 2 is 1.80 bits per heavy atom. The van der Waals surface area contributed by atoms with Gasteiger partial charge in [0, 0.05) is 0 Å². The lowest BCUT2D eigenvalue weighted by molar-refractivity contribution is -0.236. The van der Waals surface area contributed by atoms with Crippen molar-refractivity contribution < 1.29 is 38.0 Å². The Morgan fingerprint density at radius 1 is 1.13 bits per heavy atom. The van der Waals surface area contributed by atoms with Crippen molar-refractivity contribution in [1.29, 1.82) is 0 Å². The van der Waals surface area contributed by atoms with Gasteiger partial charge in [-0.25, -0.2) is 4.79 Å². The summed E-state index contributed by atoms with van der Waals surface area (Å²) in [6.07, 6.45) is -4.32. The number of esters is 2. The van der Waals surface area contributed by atoms with E-state index in [0.717, 1.165) is 5.56 Å². The fourth-order valence-electron chi connectivity index (χ4n) is 3.36. The van der Waals surface area contributed by atoms with Crippen LogP contribution in [0.2, 0.25) is 0 Å². The van der Waals surface area contributed by atoms with Gasteiger partial charge in [0.15, 0.2) is 12.1 Å². The molecule has 2 fully saturated rings. The van der Waals surface area contributed by atoms with E-state index in [9.17, 15) is 9.59 Å². The van der Waals surface area contributed by atoms with Crippen molar-refractivity contribution in [2.45, 2.75) is 77.7 Å². The van der Waals surface area contributed by atoms with Crippen LogP contribution in [0.25, 0.3) is 0 Å². The summed E-state index contributed by atoms with van der Waals surface area (Å²) in [5, 5.41) is 0. The number of carbonyl (C=O) groups is 2. The molecule has 2 aliphatic rings. The minimum atomic E-state index is -1.32. The van der Waals surface area contributed by atoms with Gasteiger partial charge < -0.3 is 28.4 Å². The molecule has 0 aromatic heterocycles. The molecule has 0 N–H and O–H groups in total. The van der Waals surface area contributed by atoms with Crippen molar-refractivity contribution in [3.63, 3.8) is 0 Å². The number of ether oxygens (including phenoxy) is 6. The van der Waals surface area contributed by atoms with Crippen molar-refractivity contribution in [3.8, 4) is 0 Å². The summed E-state index contributed by atoms with van der Waals surface area (Å²) >= 11 is 0. The molecule has 0 spiro atoms. The monoisotopic (exact) mass is 422 g/mol. The number of carbonyl (C=O) groups excluding carboxylic acids is 2. The Bertz CT molecular complexity index is 754. The minimum Gasteiger partial charge on any atom is -0.466 e. The van der Waals surface area contributed by atoms with Crippen LogP contribution < -0.4 is 0 Å². The first-order valence-corrected chi connectivity index (χ1v) is 9.97. The zero-order chi connectivity index (χ0) is 22.1. The van der Waals surface area contributed by atoms with Crippen molar-refractivity contribution in [2.24, 2.45) is 5.41 Å². The van der Waals surface area contributed by atoms with Crippen LogP contribution in [-0.2, 0) is 44.6 Å². The van der Waals surface area contributed by atoms with E-state index in [-0.39, 0.29) is 6.61 Å². The van der Waals surface area contributed by atoms with Gasteiger partial charge >= 0.3 is 11.9 Å². The van der Waals surface area contributed by atoms with E-state index in [1.165, 1.54) is 7.11 Å². The molecule has 0 saturated carbocycles. The Labute approximate surface area is 176 Å². The summed E-state index contributed by atoms with van der Waals surface area (Å²) in [5.74, 6) is -2.15. The third kappa shape index (κ3) is 5.00. The van der Waals surface area contributed by atoms with Gasteiger partial charge in [-0.3, -0.25) is 4.79 Å². The van der Waals surface area contributed by atoms with Crippen LogP contribution in [0.5, 0.6) is 0 Å². The number of hydrogen-bond acceptors (Lipinski definition) is 8. The first-order valence-electron chi connectivity index (χ1n) is 9.97. The zero-order valence-corrected chi connectivity index (χ0v) is 18.2. The Balaban J connectivity index is 1.84. The van der Waals surface area contributed by atoms with Gasteiger partial charge in [0.2, 0.25) is 6.10 Å². The lowest BCUT2D eigenvalue weighted by Crippen LogP contribution is -2.49. The summed E-state index contributed by atoms with van der Waals surface area (Å²) in [5.41, 5.74) is 0.134. The second-order valence-corrected chi connectivity index (χ2v) is 8.93. The Kier molecular flexibility index (Phi) is 6.52. The van der Waals surface area contributed by atoms with Gasteiger partial charge in [0.25, 0.3) is 0 Å². The SMILES string of the molecule is COC(=O)[C@H](OC(=O)C(C)(C)C)[C@H]1O[C@@H]2OC(C)(C)O[C@@H]2[C@H]1OCc1ccccc1. The van der Waals surface area contributed by atoms with E-state index < -0.39 is 53.8 Å². The van der Waals surface area contributed by atoms with Crippen LogP contribution in [0.15, 0.2) is 30.3 Å². The molecule has 1 aromatic rings. The van der Waals surface area contributed by atoms with E-state index in [1.54, 1.807) is 34.6 Å². The van der Waals surface area contributed by atoms with Crippen LogP contribution >= 0.6 is 0 Å². The normalized spacial score (nSPS) is 28.6. The second-order valence-electron chi connectivity index (χ2n) is 8.93. The van der Waals surface area contributed by atoms with Crippen LogP contribution in [0, 0.1) is 5.41 Å². The standard InChI is InChI=1S/C22H30O8/c1-21(2,3)20(24)28-16(18(23)25-6)15-14(26-12-13-10-8-7-9-11-13)17-19(27-15)30-22(4,5)29-17/h7-11,14-17,19H,12H2,1-6H3/t14-,15-,16+,17+,19+/m0/s1. The van der Waals surface area contributed by atoms with Gasteiger partial charge in [-0.05, 0) is 40.2 Å². The summed E-state index contributed by atoms with van der Waals surface area (Å²) in [6.45, 7) is 8.91. The molecule has 8 nitrogen and oxygen atoms in total. The highest BCUT2D eigenvalue weighted by Gasteiger charge is 2.59. The number of fused-ring (bicyclic) bond motifs is 1. The number of methoxy groups -OCH3 is 1. The molecule has 0 unspecified atom stereocenters. The molecule has 2 aliphatic heterocycles. The van der Waals surface area contributed by atoms with Gasteiger partial charge in [-0.15, -0.1) is 0 Å². The van der Waals surface area contributed by atoms with E-state index in [1.807, 2.05) is 30.3 Å². The van der Waals surface area contributed by atoms with Gasteiger partial charge in [-0.1, -0.05) is 30.3 Å². The molecule has 30 heavy (non-hydrogen) atoms. The fourth-order valence-corrected chi connectivity index (χ4v) is 3.36. The van der Waals surface area contributed by atoms with E-state index in [0.29, 0.717) is 0 Å². The van der Waals surface area contributed by atoms with Crippen LogP contribution in [0.3, 0.4) is 0 Å². The van der Waals surface area contributed by atoms with Crippen LogP contribution in [0.4, 0.5) is 0 Å². The van der Waals surface area contributed by atoms with Crippen molar-refractivity contribution >= 4 is 11.9 Å². The number of rotatable bonds is 6. The lowest BCUT2D eigenvalue weighted by Gasteiger charge is -2.30. The van der Waals surface area contributed by atoms with Crippen LogP contribution in [-0.4, -0.2) is 55.5 Å². The molecule has 8 heteroatoms. The van der Waals surface area contributed by atoms with Crippen LogP contribution in [0.1, 0.15) is 40.2 Å². The summed E-state index contributed by atoms with van der Waals surface area (Å²) in [6, 6.07) is 9.58. The largest absolute Gasteiger partial charge is 0.466 e. The van der Waals surface area contributed by atoms with Gasteiger partial charge in [0.05, 0.1) is 19.1 Å². The summed E-state index contributed by atoms with van der Waals surface area (Å²) < 4.78 is 34.3. The smallest absolute Gasteiger partial charge is 0.350 e. The predicted molar refractivity (Wildman–Crippen MR) is 105 cm³/mol. The molecular weight excluding hydrogens is 392 g/mol. The molecule has 2 saturated heterocycles. The maximum absolute atomic E-state index is 12.5. The fraction of sp³-hybridized carbons (Fsp3) is 0.636. The molecule has 1 aromatic carbocycles. The maximum atomic E-state index is 12.5. The quantitative estimate of drug-likeness (QED) is 0.647. The molecule has 166 valence electrons. The van der Waals surface area contributed by atoms with E-state index in [4.69, 9.17) is 28.4 Å². The molecule has 0 amide bonds. The predicted octanol–water partition coefficient (Wildman–Crippen LogP) is 2.58. The highest BCUT2D eigenvalue weighted by molar-refractivity contribution is 5.82. The first-order chi connectivity index (χ1) is 14.0. The molecule has 0 radical (unpaired) electrons. The lowest BCUT2D eigenvalue weighted by atomic mass is 9.97. The van der Waals surface area contributed by atoms with Gasteiger partial charge in [-0.2, -0.15) is 0 Å². The van der Waals surface area contributed by atoms with Crippen molar-refractivity contribution in [2.75, 3.05) is 7.11 Å². The van der Waals surface area contributed by atoms with E-state index >= 15 is 0 Å². The highest BCUT2D eigenvalue weighted by atomic mass is 16.8. The average molecular weight is 422 g/mol. The highest BCUT2D eigenvalue weighted by Crippen LogP contribution is 2.40. The number of hydrogen-bond donors (Lipinski definition) is 0. The molecule has 0 aliphatic carbocycles. The average Bonchev–Trinajstić information content (AvgIpc) is 3.15. The second kappa shape index (κ2) is 8.63. The minimum absolute atomic E-state index is 0.263. The summed E-state index contributed by atoms with van der Waals surface area (Å²) in [7, 11) is 1.23. The molecule has 5 atom stereocenters. The Morgan fingerprint density at radius 3 is 2.40 bits per heavy atom. The first kappa shape index (κ1) is 22.7. The van der Waals surface area contributed by atoms with Crippen molar-refractivity contribution in [1.82, 2.24) is 0 Å². The molecule has 0 bridgehead atoms. The number of benzene rings is 1. The molecular formula is C22H30O8. The maximum Gasteiger partial charge on any atom is 0.350 e. The third-order valence-electron chi connectivity index (χ3n) is 4.89. The topological polar surface area (TPSA) is 89.5 Å². The summed E-state index contributed by atoms with van der Waals surface area (Å²) in [4.78, 5) is 25.0. The van der Waals surface area contributed by atoms with Crippen molar-refractivity contribution in [3.05, 3.63) is 35.9 Å². The molecule has 3 rings (SSSR count). The zero-order valence-electron chi connectivity index (χ0n) is 18.2.